The second kappa shape index (κ2) is 10.4. The van der Waals surface area contributed by atoms with Gasteiger partial charge < -0.3 is 14.5 Å². The Kier molecular flexibility index (Phi) is 7.14. The number of nitrogens with zero attached hydrogens (tertiary/aromatic N) is 3. The lowest BCUT2D eigenvalue weighted by Crippen LogP contribution is -2.12. The smallest absolute Gasteiger partial charge is 0.225 e. The number of halogens is 1. The Morgan fingerprint density at radius 2 is 1.91 bits per heavy atom. The topological polar surface area (TPSA) is 82.2 Å². The highest BCUT2D eigenvalue weighted by molar-refractivity contribution is 7.99. The van der Waals surface area contributed by atoms with E-state index in [2.05, 4.69) is 15.5 Å². The third kappa shape index (κ3) is 5.52. The van der Waals surface area contributed by atoms with Crippen molar-refractivity contribution in [1.82, 2.24) is 14.8 Å². The standard InChI is InChI=1S/C23H21ClN4O3S/c1-30-19-10-8-18(9-11-19)25-21(29)12-14-32-23-27-26-22(16-4-6-17(24)7-5-16)28(23)15-20-3-2-13-31-20/h2-11,13H,12,14-15H2,1H3,(H,25,29). The highest BCUT2D eigenvalue weighted by Gasteiger charge is 2.16. The summed E-state index contributed by atoms with van der Waals surface area (Å²) in [5.74, 6) is 2.73. The molecule has 0 fully saturated rings. The summed E-state index contributed by atoms with van der Waals surface area (Å²) in [7, 11) is 1.60. The van der Waals surface area contributed by atoms with E-state index in [1.165, 1.54) is 11.8 Å². The second-order valence-electron chi connectivity index (χ2n) is 6.85. The number of rotatable bonds is 9. The number of carbonyl (C=O) groups is 1. The van der Waals surface area contributed by atoms with Crippen LogP contribution in [0.3, 0.4) is 0 Å². The maximum atomic E-state index is 12.3. The minimum Gasteiger partial charge on any atom is -0.497 e. The number of nitrogens with one attached hydrogen (secondary N) is 1. The van der Waals surface area contributed by atoms with Crippen molar-refractivity contribution in [3.05, 3.63) is 77.7 Å². The summed E-state index contributed by atoms with van der Waals surface area (Å²) < 4.78 is 12.6. The van der Waals surface area contributed by atoms with E-state index in [0.717, 1.165) is 22.8 Å². The molecule has 2 aromatic carbocycles. The molecule has 1 amide bonds. The zero-order valence-electron chi connectivity index (χ0n) is 17.3. The van der Waals surface area contributed by atoms with Crippen LogP contribution in [0.25, 0.3) is 11.4 Å². The van der Waals surface area contributed by atoms with Crippen LogP contribution in [0.1, 0.15) is 12.2 Å². The highest BCUT2D eigenvalue weighted by atomic mass is 35.5. The first-order valence-electron chi connectivity index (χ1n) is 9.90. The molecular weight excluding hydrogens is 448 g/mol. The Balaban J connectivity index is 1.43. The Bertz CT molecular complexity index is 1160. The fourth-order valence-corrected chi connectivity index (χ4v) is 4.04. The third-order valence-corrected chi connectivity index (χ3v) is 5.87. The molecule has 0 atom stereocenters. The van der Waals surface area contributed by atoms with Gasteiger partial charge in [-0.3, -0.25) is 9.36 Å². The van der Waals surface area contributed by atoms with E-state index in [1.54, 1.807) is 25.5 Å². The molecule has 2 aromatic heterocycles. The molecule has 0 saturated heterocycles. The molecule has 164 valence electrons. The van der Waals surface area contributed by atoms with Crippen LogP contribution in [0.5, 0.6) is 5.75 Å². The molecule has 0 spiro atoms. The molecular formula is C23H21ClN4O3S. The fourth-order valence-electron chi connectivity index (χ4n) is 3.04. The molecule has 7 nitrogen and oxygen atoms in total. The van der Waals surface area contributed by atoms with Crippen molar-refractivity contribution in [3.63, 3.8) is 0 Å². The lowest BCUT2D eigenvalue weighted by molar-refractivity contribution is -0.115. The number of benzene rings is 2. The monoisotopic (exact) mass is 468 g/mol. The number of ether oxygens (including phenoxy) is 1. The zero-order chi connectivity index (χ0) is 22.3. The van der Waals surface area contributed by atoms with Crippen LogP contribution in [-0.4, -0.2) is 33.5 Å². The maximum absolute atomic E-state index is 12.3. The summed E-state index contributed by atoms with van der Waals surface area (Å²) in [5, 5.41) is 13.0. The van der Waals surface area contributed by atoms with Gasteiger partial charge in [-0.2, -0.15) is 0 Å². The molecule has 4 rings (SSSR count). The van der Waals surface area contributed by atoms with E-state index in [-0.39, 0.29) is 5.91 Å². The molecule has 0 aliphatic heterocycles. The van der Waals surface area contributed by atoms with Crippen LogP contribution in [0.15, 0.2) is 76.5 Å². The van der Waals surface area contributed by atoms with Gasteiger partial charge in [0.25, 0.3) is 0 Å². The lowest BCUT2D eigenvalue weighted by atomic mass is 10.2. The number of aromatic nitrogens is 3. The van der Waals surface area contributed by atoms with Crippen LogP contribution in [0, 0.1) is 0 Å². The first-order chi connectivity index (χ1) is 15.6. The number of methoxy groups -OCH3 is 1. The maximum Gasteiger partial charge on any atom is 0.225 e. The van der Waals surface area contributed by atoms with Gasteiger partial charge in [-0.05, 0) is 60.7 Å². The number of hydrogen-bond donors (Lipinski definition) is 1. The number of amides is 1. The van der Waals surface area contributed by atoms with E-state index in [0.29, 0.717) is 34.7 Å². The predicted molar refractivity (Wildman–Crippen MR) is 125 cm³/mol. The Labute approximate surface area is 194 Å². The molecule has 9 heteroatoms. The predicted octanol–water partition coefficient (Wildman–Crippen LogP) is 5.37. The molecule has 0 radical (unpaired) electrons. The first kappa shape index (κ1) is 22.0. The molecule has 0 saturated carbocycles. The van der Waals surface area contributed by atoms with E-state index >= 15 is 0 Å². The number of carbonyl (C=O) groups excluding carboxylic acids is 1. The summed E-state index contributed by atoms with van der Waals surface area (Å²) in [6, 6.07) is 18.4. The third-order valence-electron chi connectivity index (χ3n) is 4.65. The molecule has 0 aliphatic rings. The van der Waals surface area contributed by atoms with Gasteiger partial charge in [0.1, 0.15) is 11.5 Å². The van der Waals surface area contributed by atoms with Gasteiger partial charge in [-0.15, -0.1) is 10.2 Å². The molecule has 2 heterocycles. The van der Waals surface area contributed by atoms with Gasteiger partial charge in [-0.1, -0.05) is 23.4 Å². The van der Waals surface area contributed by atoms with E-state index in [1.807, 2.05) is 53.1 Å². The van der Waals surface area contributed by atoms with Gasteiger partial charge in [0.05, 0.1) is 19.9 Å². The second-order valence-corrected chi connectivity index (χ2v) is 8.35. The van der Waals surface area contributed by atoms with Gasteiger partial charge in [0, 0.05) is 28.4 Å². The van der Waals surface area contributed by atoms with Gasteiger partial charge in [0.15, 0.2) is 11.0 Å². The van der Waals surface area contributed by atoms with Crippen molar-refractivity contribution in [3.8, 4) is 17.1 Å². The van der Waals surface area contributed by atoms with Crippen molar-refractivity contribution in [2.45, 2.75) is 18.1 Å². The molecule has 32 heavy (non-hydrogen) atoms. The first-order valence-corrected chi connectivity index (χ1v) is 11.3. The van der Waals surface area contributed by atoms with Crippen molar-refractivity contribution in [2.24, 2.45) is 0 Å². The van der Waals surface area contributed by atoms with Crippen molar-refractivity contribution in [2.75, 3.05) is 18.2 Å². The summed E-state index contributed by atoms with van der Waals surface area (Å²) in [6.45, 7) is 0.484. The van der Waals surface area contributed by atoms with Crippen LogP contribution in [0.4, 0.5) is 5.69 Å². The van der Waals surface area contributed by atoms with Gasteiger partial charge in [-0.25, -0.2) is 0 Å². The Hall–Kier alpha value is -3.23. The van der Waals surface area contributed by atoms with Crippen LogP contribution >= 0.6 is 23.4 Å². The van der Waals surface area contributed by atoms with E-state index in [9.17, 15) is 4.79 Å². The summed E-state index contributed by atoms with van der Waals surface area (Å²) >= 11 is 7.50. The quantitative estimate of drug-likeness (QED) is 0.332. The van der Waals surface area contributed by atoms with Crippen molar-refractivity contribution in [1.29, 1.82) is 0 Å². The molecule has 1 N–H and O–H groups in total. The minimum atomic E-state index is -0.0716. The summed E-state index contributed by atoms with van der Waals surface area (Å²) in [6.07, 6.45) is 1.97. The minimum absolute atomic E-state index is 0.0716. The highest BCUT2D eigenvalue weighted by Crippen LogP contribution is 2.27. The lowest BCUT2D eigenvalue weighted by Gasteiger charge is -2.09. The van der Waals surface area contributed by atoms with Gasteiger partial charge >= 0.3 is 0 Å². The average Bonchev–Trinajstić information content (AvgIpc) is 3.46. The Morgan fingerprint density at radius 3 is 2.59 bits per heavy atom. The average molecular weight is 469 g/mol. The van der Waals surface area contributed by atoms with Crippen LogP contribution in [-0.2, 0) is 11.3 Å². The summed E-state index contributed by atoms with van der Waals surface area (Å²) in [5.41, 5.74) is 1.63. The SMILES string of the molecule is COc1ccc(NC(=O)CCSc2nnc(-c3ccc(Cl)cc3)n2Cc2ccco2)cc1. The van der Waals surface area contributed by atoms with Crippen LogP contribution < -0.4 is 10.1 Å². The number of anilines is 1. The number of thioether (sulfide) groups is 1. The molecule has 0 bridgehead atoms. The molecule has 4 aromatic rings. The molecule has 0 unspecified atom stereocenters. The van der Waals surface area contributed by atoms with E-state index < -0.39 is 0 Å². The number of furan rings is 1. The summed E-state index contributed by atoms with van der Waals surface area (Å²) in [4.78, 5) is 12.3. The molecule has 0 aliphatic carbocycles. The van der Waals surface area contributed by atoms with Gasteiger partial charge in [0.2, 0.25) is 5.91 Å². The van der Waals surface area contributed by atoms with E-state index in [4.69, 9.17) is 20.8 Å². The zero-order valence-corrected chi connectivity index (χ0v) is 18.9. The fraction of sp³-hybridized carbons (Fsp3) is 0.174. The largest absolute Gasteiger partial charge is 0.497 e. The normalized spacial score (nSPS) is 10.8. The van der Waals surface area contributed by atoms with Crippen LogP contribution in [0.2, 0.25) is 5.02 Å². The van der Waals surface area contributed by atoms with Crippen molar-refractivity contribution >= 4 is 35.0 Å². The Morgan fingerprint density at radius 1 is 1.12 bits per heavy atom. The van der Waals surface area contributed by atoms with Crippen molar-refractivity contribution < 1.29 is 13.9 Å². The number of hydrogen-bond acceptors (Lipinski definition) is 6.